The molecule has 1 fully saturated rings. The molecule has 0 aromatic carbocycles. The summed E-state index contributed by atoms with van der Waals surface area (Å²) in [6.07, 6.45) is 0.745. The zero-order chi connectivity index (χ0) is 18.5. The summed E-state index contributed by atoms with van der Waals surface area (Å²) in [5, 5.41) is 2.58. The Bertz CT molecular complexity index is 1080. The van der Waals surface area contributed by atoms with E-state index in [2.05, 4.69) is 15.0 Å². The van der Waals surface area contributed by atoms with E-state index in [1.165, 1.54) is 0 Å². The van der Waals surface area contributed by atoms with Crippen LogP contribution in [-0.4, -0.2) is 52.7 Å². The third kappa shape index (κ3) is 3.03. The molecule has 6 nitrogen and oxygen atoms in total. The maximum absolute atomic E-state index is 12.5. The van der Waals surface area contributed by atoms with Crippen molar-refractivity contribution >= 4 is 31.8 Å². The van der Waals surface area contributed by atoms with Gasteiger partial charge in [-0.05, 0) is 18.6 Å². The minimum Gasteiger partial charge on any atom is -0.346 e. The fourth-order valence-electron chi connectivity index (χ4n) is 3.51. The molecule has 26 heavy (non-hydrogen) atoms. The summed E-state index contributed by atoms with van der Waals surface area (Å²) < 4.78 is 62.6. The third-order valence-electron chi connectivity index (χ3n) is 4.62. The van der Waals surface area contributed by atoms with E-state index in [1.807, 2.05) is 12.1 Å². The highest BCUT2D eigenvalue weighted by molar-refractivity contribution is 7.89. The van der Waals surface area contributed by atoms with Gasteiger partial charge >= 0.3 is 6.18 Å². The summed E-state index contributed by atoms with van der Waals surface area (Å²) in [6, 6.07) is 3.67. The van der Waals surface area contributed by atoms with Crippen molar-refractivity contribution in [3.05, 3.63) is 36.4 Å². The van der Waals surface area contributed by atoms with Gasteiger partial charge in [-0.3, -0.25) is 4.98 Å². The van der Waals surface area contributed by atoms with Crippen molar-refractivity contribution in [2.45, 2.75) is 18.5 Å². The molecule has 138 valence electrons. The van der Waals surface area contributed by atoms with Crippen LogP contribution in [0.3, 0.4) is 0 Å². The van der Waals surface area contributed by atoms with E-state index in [4.69, 9.17) is 0 Å². The van der Waals surface area contributed by atoms with Crippen LogP contribution >= 0.6 is 0 Å². The number of halogens is 3. The molecule has 1 aliphatic rings. The number of nitrogens with one attached hydrogen (secondary N) is 1. The number of aromatic nitrogens is 3. The summed E-state index contributed by atoms with van der Waals surface area (Å²) in [6.45, 7) is 0.0568. The average Bonchev–Trinajstić information content (AvgIpc) is 3.21. The predicted octanol–water partition coefficient (Wildman–Crippen LogP) is 2.79. The summed E-state index contributed by atoms with van der Waals surface area (Å²) in [4.78, 5) is 11.8. The molecule has 1 atom stereocenters. The quantitative estimate of drug-likeness (QED) is 0.753. The van der Waals surface area contributed by atoms with Gasteiger partial charge in [0.05, 0.1) is 5.69 Å². The van der Waals surface area contributed by atoms with Gasteiger partial charge in [-0.1, -0.05) is 0 Å². The molecule has 1 aliphatic heterocycles. The molecule has 0 saturated carbocycles. The summed E-state index contributed by atoms with van der Waals surface area (Å²) in [7, 11) is -4.38. The number of nitrogens with zero attached hydrogens (tertiary/aromatic N) is 3. The molecule has 3 aromatic rings. The second kappa shape index (κ2) is 5.92. The summed E-state index contributed by atoms with van der Waals surface area (Å²) in [5.41, 5.74) is 1.38. The van der Waals surface area contributed by atoms with Crippen molar-refractivity contribution < 1.29 is 21.6 Å². The minimum atomic E-state index is -4.75. The summed E-state index contributed by atoms with van der Waals surface area (Å²) >= 11 is 0. The van der Waals surface area contributed by atoms with Gasteiger partial charge in [-0.2, -0.15) is 13.2 Å². The molecule has 1 N–H and O–H groups in total. The molecule has 1 unspecified atom stereocenters. The van der Waals surface area contributed by atoms with E-state index in [0.29, 0.717) is 17.8 Å². The number of hydrogen-bond acceptors (Lipinski definition) is 4. The first-order valence-electron chi connectivity index (χ1n) is 8.00. The molecule has 0 amide bonds. The van der Waals surface area contributed by atoms with Crippen molar-refractivity contribution in [3.63, 3.8) is 0 Å². The number of rotatable bonds is 3. The lowest BCUT2D eigenvalue weighted by molar-refractivity contribution is -0.106. The highest BCUT2D eigenvalue weighted by atomic mass is 32.2. The van der Waals surface area contributed by atoms with Crippen LogP contribution in [0.5, 0.6) is 0 Å². The number of fused-ring (bicyclic) bond motifs is 3. The molecule has 0 bridgehead atoms. The van der Waals surface area contributed by atoms with Gasteiger partial charge in [0.15, 0.2) is 5.75 Å². The SMILES string of the molecule is O=S(=O)(CC(F)(F)F)N1CCC(c2nccc3cnc4[nH]ccc4c23)C1. The molecule has 10 heteroatoms. The zero-order valence-corrected chi connectivity index (χ0v) is 14.3. The molecule has 3 aromatic heterocycles. The Balaban J connectivity index is 1.71. The lowest BCUT2D eigenvalue weighted by Crippen LogP contribution is -2.36. The van der Waals surface area contributed by atoms with Crippen molar-refractivity contribution in [2.75, 3.05) is 18.8 Å². The smallest absolute Gasteiger partial charge is 0.346 e. The number of sulfonamides is 1. The van der Waals surface area contributed by atoms with E-state index in [1.54, 1.807) is 18.6 Å². The van der Waals surface area contributed by atoms with E-state index in [-0.39, 0.29) is 19.0 Å². The predicted molar refractivity (Wildman–Crippen MR) is 90.2 cm³/mol. The topological polar surface area (TPSA) is 79.0 Å². The Morgan fingerprint density at radius 2 is 2.08 bits per heavy atom. The Morgan fingerprint density at radius 3 is 2.85 bits per heavy atom. The molecular weight excluding hydrogens is 369 g/mol. The van der Waals surface area contributed by atoms with E-state index >= 15 is 0 Å². The molecule has 4 rings (SSSR count). The van der Waals surface area contributed by atoms with Gasteiger partial charge < -0.3 is 4.98 Å². The van der Waals surface area contributed by atoms with Crippen LogP contribution in [0.1, 0.15) is 18.0 Å². The number of hydrogen-bond donors (Lipinski definition) is 1. The number of H-pyrrole nitrogens is 1. The van der Waals surface area contributed by atoms with Crippen LogP contribution in [0.2, 0.25) is 0 Å². The number of aromatic amines is 1. The number of alkyl halides is 3. The monoisotopic (exact) mass is 384 g/mol. The molecule has 0 radical (unpaired) electrons. The lowest BCUT2D eigenvalue weighted by Gasteiger charge is -2.18. The van der Waals surface area contributed by atoms with Crippen molar-refractivity contribution in [1.29, 1.82) is 0 Å². The van der Waals surface area contributed by atoms with Gasteiger partial charge in [0, 0.05) is 53.8 Å². The van der Waals surface area contributed by atoms with Crippen LogP contribution < -0.4 is 0 Å². The summed E-state index contributed by atoms with van der Waals surface area (Å²) in [5.74, 6) is -2.09. The second-order valence-electron chi connectivity index (χ2n) is 6.37. The van der Waals surface area contributed by atoms with Crippen LogP contribution in [0, 0.1) is 0 Å². The second-order valence-corrected chi connectivity index (χ2v) is 8.34. The number of pyridine rings is 2. The van der Waals surface area contributed by atoms with Crippen molar-refractivity contribution in [3.8, 4) is 0 Å². The first-order valence-corrected chi connectivity index (χ1v) is 9.61. The van der Waals surface area contributed by atoms with E-state index < -0.39 is 22.0 Å². The normalized spacial score (nSPS) is 19.6. The average molecular weight is 384 g/mol. The van der Waals surface area contributed by atoms with Gasteiger partial charge in [0.25, 0.3) is 0 Å². The van der Waals surface area contributed by atoms with Crippen LogP contribution in [0.25, 0.3) is 21.8 Å². The molecule has 4 heterocycles. The first kappa shape index (κ1) is 17.2. The molecule has 0 spiro atoms. The van der Waals surface area contributed by atoms with E-state index in [9.17, 15) is 21.6 Å². The fourth-order valence-corrected chi connectivity index (χ4v) is 4.90. The molecular formula is C16H15F3N4O2S. The Labute approximate surface area is 147 Å². The largest absolute Gasteiger partial charge is 0.404 e. The lowest BCUT2D eigenvalue weighted by atomic mass is 9.97. The van der Waals surface area contributed by atoms with Crippen molar-refractivity contribution in [1.82, 2.24) is 19.3 Å². The Kier molecular flexibility index (Phi) is 3.92. The highest BCUT2D eigenvalue weighted by Gasteiger charge is 2.41. The zero-order valence-electron chi connectivity index (χ0n) is 13.5. The third-order valence-corrected chi connectivity index (χ3v) is 6.43. The van der Waals surface area contributed by atoms with E-state index in [0.717, 1.165) is 20.5 Å². The fraction of sp³-hybridized carbons (Fsp3) is 0.375. The van der Waals surface area contributed by atoms with Crippen LogP contribution in [-0.2, 0) is 10.0 Å². The standard InChI is InChI=1S/C16H15F3N4O2S/c17-16(18,19)9-26(24,25)23-6-3-11(8-23)14-13-10(1-4-20-14)7-22-15-12(13)2-5-21-15/h1-2,4-5,7,11H,3,6,8-9H2,(H,21,22). The van der Waals surface area contributed by atoms with Crippen molar-refractivity contribution in [2.24, 2.45) is 0 Å². The van der Waals surface area contributed by atoms with Crippen LogP contribution in [0.4, 0.5) is 13.2 Å². The van der Waals surface area contributed by atoms with Gasteiger partial charge in [0.2, 0.25) is 10.0 Å². The first-order chi connectivity index (χ1) is 12.2. The Hall–Kier alpha value is -2.20. The van der Waals surface area contributed by atoms with Crippen LogP contribution in [0.15, 0.2) is 30.7 Å². The minimum absolute atomic E-state index is 0.00122. The van der Waals surface area contributed by atoms with Gasteiger partial charge in [-0.15, -0.1) is 0 Å². The van der Waals surface area contributed by atoms with Gasteiger partial charge in [-0.25, -0.2) is 17.7 Å². The maximum Gasteiger partial charge on any atom is 0.404 e. The molecule has 1 saturated heterocycles. The highest BCUT2D eigenvalue weighted by Crippen LogP contribution is 2.35. The van der Waals surface area contributed by atoms with Gasteiger partial charge in [0.1, 0.15) is 5.65 Å². The molecule has 0 aliphatic carbocycles. The Morgan fingerprint density at radius 1 is 1.27 bits per heavy atom. The maximum atomic E-state index is 12.5.